The summed E-state index contributed by atoms with van der Waals surface area (Å²) in [6, 6.07) is 8.33. The normalized spacial score (nSPS) is 17.1. The molecule has 2 heterocycles. The molecule has 4 rings (SSSR count). The summed E-state index contributed by atoms with van der Waals surface area (Å²) in [6.07, 6.45) is 4.81. The van der Waals surface area contributed by atoms with Gasteiger partial charge in [0.2, 0.25) is 11.9 Å². The average Bonchev–Trinajstić information content (AvgIpc) is 3.13. The van der Waals surface area contributed by atoms with E-state index in [-0.39, 0.29) is 5.91 Å². The first-order chi connectivity index (χ1) is 12.2. The van der Waals surface area contributed by atoms with Gasteiger partial charge >= 0.3 is 0 Å². The molecule has 1 amide bonds. The van der Waals surface area contributed by atoms with Crippen LogP contribution in [-0.2, 0) is 4.79 Å². The molecule has 0 radical (unpaired) electrons. The van der Waals surface area contributed by atoms with Gasteiger partial charge in [-0.3, -0.25) is 9.36 Å². The minimum Gasteiger partial charge on any atom is -0.341 e. The standard InChI is InChI=1S/C18H23N5OS/c1-13-6-2-3-7-15(13)19-16(24)12-25-18-21-20-17(22-10-4-5-11-22)23(18)14-8-9-14/h2-3,6-7,14H,4-5,8-12H2,1H3,(H,19,24). The highest BCUT2D eigenvalue weighted by Gasteiger charge is 2.32. The third kappa shape index (κ3) is 3.66. The SMILES string of the molecule is Cc1ccccc1NC(=O)CSc1nnc(N2CCCC2)n1C1CC1. The number of benzene rings is 1. The highest BCUT2D eigenvalue weighted by Crippen LogP contribution is 2.41. The van der Waals surface area contributed by atoms with Gasteiger partial charge in [-0.15, -0.1) is 10.2 Å². The third-order valence-corrected chi connectivity index (χ3v) is 5.64. The zero-order valence-electron chi connectivity index (χ0n) is 14.4. The van der Waals surface area contributed by atoms with E-state index in [1.54, 1.807) is 0 Å². The molecule has 2 fully saturated rings. The van der Waals surface area contributed by atoms with Crippen molar-refractivity contribution in [1.29, 1.82) is 0 Å². The summed E-state index contributed by atoms with van der Waals surface area (Å²) in [5.41, 5.74) is 1.94. The van der Waals surface area contributed by atoms with E-state index in [1.807, 2.05) is 31.2 Å². The van der Waals surface area contributed by atoms with Crippen LogP contribution in [0, 0.1) is 6.92 Å². The molecular weight excluding hydrogens is 334 g/mol. The predicted octanol–water partition coefficient (Wildman–Crippen LogP) is 3.25. The summed E-state index contributed by atoms with van der Waals surface area (Å²) < 4.78 is 2.25. The lowest BCUT2D eigenvalue weighted by molar-refractivity contribution is -0.113. The lowest BCUT2D eigenvalue weighted by Crippen LogP contribution is -2.22. The predicted molar refractivity (Wildman–Crippen MR) is 100 cm³/mol. The number of amides is 1. The second-order valence-corrected chi connectivity index (χ2v) is 7.67. The number of hydrogen-bond acceptors (Lipinski definition) is 5. The Morgan fingerprint density at radius 1 is 1.24 bits per heavy atom. The lowest BCUT2D eigenvalue weighted by atomic mass is 10.2. The maximum atomic E-state index is 12.3. The number of carbonyl (C=O) groups is 1. The first-order valence-corrected chi connectivity index (χ1v) is 9.89. The molecule has 0 unspecified atom stereocenters. The maximum Gasteiger partial charge on any atom is 0.234 e. The molecule has 6 nitrogen and oxygen atoms in total. The fourth-order valence-corrected chi connectivity index (χ4v) is 3.98. The summed E-state index contributed by atoms with van der Waals surface area (Å²) in [5.74, 6) is 1.33. The first kappa shape index (κ1) is 16.4. The highest BCUT2D eigenvalue weighted by molar-refractivity contribution is 7.99. The van der Waals surface area contributed by atoms with Crippen molar-refractivity contribution < 1.29 is 4.79 Å². The summed E-state index contributed by atoms with van der Waals surface area (Å²) >= 11 is 1.48. The van der Waals surface area contributed by atoms with Crippen LogP contribution >= 0.6 is 11.8 Å². The molecule has 7 heteroatoms. The van der Waals surface area contributed by atoms with Gasteiger partial charge in [-0.2, -0.15) is 0 Å². The molecule has 1 saturated carbocycles. The van der Waals surface area contributed by atoms with Gasteiger partial charge in [0.05, 0.1) is 5.75 Å². The zero-order chi connectivity index (χ0) is 17.2. The number of aromatic nitrogens is 3. The summed E-state index contributed by atoms with van der Waals surface area (Å²) in [7, 11) is 0. The van der Waals surface area contributed by atoms with Gasteiger partial charge in [0, 0.05) is 24.8 Å². The van der Waals surface area contributed by atoms with Crippen molar-refractivity contribution in [3.63, 3.8) is 0 Å². The molecule has 0 spiro atoms. The smallest absolute Gasteiger partial charge is 0.234 e. The number of para-hydroxylation sites is 1. The number of carbonyl (C=O) groups excluding carboxylic acids is 1. The van der Waals surface area contributed by atoms with Crippen molar-refractivity contribution in [2.24, 2.45) is 0 Å². The molecule has 1 aromatic carbocycles. The Labute approximate surface area is 152 Å². The fourth-order valence-electron chi connectivity index (χ4n) is 3.18. The molecule has 1 N–H and O–H groups in total. The van der Waals surface area contributed by atoms with Crippen LogP contribution in [0.1, 0.15) is 37.3 Å². The van der Waals surface area contributed by atoms with Crippen molar-refractivity contribution >= 4 is 29.3 Å². The number of anilines is 2. The fraction of sp³-hybridized carbons (Fsp3) is 0.500. The number of aryl methyl sites for hydroxylation is 1. The Kier molecular flexibility index (Phi) is 4.65. The van der Waals surface area contributed by atoms with Crippen LogP contribution in [0.2, 0.25) is 0 Å². The molecule has 25 heavy (non-hydrogen) atoms. The molecule has 0 bridgehead atoms. The minimum atomic E-state index is -0.00707. The van der Waals surface area contributed by atoms with Gasteiger partial charge in [-0.1, -0.05) is 30.0 Å². The summed E-state index contributed by atoms with van der Waals surface area (Å²) in [4.78, 5) is 14.6. The number of hydrogen-bond donors (Lipinski definition) is 1. The largest absolute Gasteiger partial charge is 0.341 e. The number of thioether (sulfide) groups is 1. The van der Waals surface area contributed by atoms with Crippen LogP contribution < -0.4 is 10.2 Å². The highest BCUT2D eigenvalue weighted by atomic mass is 32.2. The Hall–Kier alpha value is -2.02. The minimum absolute atomic E-state index is 0.00707. The van der Waals surface area contributed by atoms with Gasteiger partial charge in [0.1, 0.15) is 0 Å². The monoisotopic (exact) mass is 357 g/mol. The van der Waals surface area contributed by atoms with Crippen LogP contribution in [0.25, 0.3) is 0 Å². The van der Waals surface area contributed by atoms with Gasteiger partial charge in [-0.25, -0.2) is 0 Å². The third-order valence-electron chi connectivity index (χ3n) is 4.70. The van der Waals surface area contributed by atoms with E-state index in [9.17, 15) is 4.79 Å². The molecule has 2 aliphatic rings. The first-order valence-electron chi connectivity index (χ1n) is 8.90. The van der Waals surface area contributed by atoms with Crippen LogP contribution in [0.15, 0.2) is 29.4 Å². The molecule has 1 aliphatic carbocycles. The molecule has 1 saturated heterocycles. The van der Waals surface area contributed by atoms with Crippen LogP contribution in [0.3, 0.4) is 0 Å². The Morgan fingerprint density at radius 3 is 2.72 bits per heavy atom. The van der Waals surface area contributed by atoms with E-state index in [0.29, 0.717) is 11.8 Å². The Morgan fingerprint density at radius 2 is 2.00 bits per heavy atom. The van der Waals surface area contributed by atoms with E-state index >= 15 is 0 Å². The average molecular weight is 357 g/mol. The Bertz CT molecular complexity index is 765. The van der Waals surface area contributed by atoms with Crippen molar-refractivity contribution in [3.8, 4) is 0 Å². The van der Waals surface area contributed by atoms with E-state index in [1.165, 1.54) is 37.4 Å². The van der Waals surface area contributed by atoms with E-state index in [0.717, 1.165) is 35.4 Å². The molecular formula is C18H23N5OS. The van der Waals surface area contributed by atoms with E-state index in [4.69, 9.17) is 0 Å². The zero-order valence-corrected chi connectivity index (χ0v) is 15.3. The number of nitrogens with zero attached hydrogens (tertiary/aromatic N) is 4. The van der Waals surface area contributed by atoms with E-state index < -0.39 is 0 Å². The topological polar surface area (TPSA) is 63.1 Å². The molecule has 1 aromatic heterocycles. The van der Waals surface area contributed by atoms with Crippen molar-refractivity contribution in [3.05, 3.63) is 29.8 Å². The second kappa shape index (κ2) is 7.07. The van der Waals surface area contributed by atoms with Crippen molar-refractivity contribution in [2.45, 2.75) is 43.8 Å². The van der Waals surface area contributed by atoms with E-state index in [2.05, 4.69) is 25.0 Å². The summed E-state index contributed by atoms with van der Waals surface area (Å²) in [5, 5.41) is 12.6. The van der Waals surface area contributed by atoms with Crippen LogP contribution in [0.4, 0.5) is 11.6 Å². The van der Waals surface area contributed by atoms with Crippen molar-refractivity contribution in [2.75, 3.05) is 29.1 Å². The number of rotatable bonds is 6. The van der Waals surface area contributed by atoms with Crippen molar-refractivity contribution in [1.82, 2.24) is 14.8 Å². The van der Waals surface area contributed by atoms with Crippen LogP contribution in [-0.4, -0.2) is 39.5 Å². The maximum absolute atomic E-state index is 12.3. The molecule has 132 valence electrons. The lowest BCUT2D eigenvalue weighted by Gasteiger charge is -2.17. The Balaban J connectivity index is 1.42. The van der Waals surface area contributed by atoms with Crippen LogP contribution in [0.5, 0.6) is 0 Å². The van der Waals surface area contributed by atoms with Gasteiger partial charge in [-0.05, 0) is 44.2 Å². The number of nitrogens with one attached hydrogen (secondary N) is 1. The van der Waals surface area contributed by atoms with Gasteiger partial charge in [0.15, 0.2) is 5.16 Å². The second-order valence-electron chi connectivity index (χ2n) is 6.73. The molecule has 2 aromatic rings. The van der Waals surface area contributed by atoms with Gasteiger partial charge < -0.3 is 10.2 Å². The van der Waals surface area contributed by atoms with Gasteiger partial charge in [0.25, 0.3) is 0 Å². The molecule has 0 atom stereocenters. The quantitative estimate of drug-likeness (QED) is 0.804. The molecule has 1 aliphatic heterocycles. The summed E-state index contributed by atoms with van der Waals surface area (Å²) in [6.45, 7) is 4.11.